The quantitative estimate of drug-likeness (QED) is 0.718. The SMILES string of the molecule is CC(C)(C)C1CCN(c2ccc(CCl)cc2F)C1. The number of alkyl halides is 1. The van der Waals surface area contributed by atoms with Crippen molar-refractivity contribution in [2.24, 2.45) is 11.3 Å². The maximum atomic E-state index is 14.0. The van der Waals surface area contributed by atoms with Crippen LogP contribution in [0.4, 0.5) is 10.1 Å². The van der Waals surface area contributed by atoms with Gasteiger partial charge in [-0.15, -0.1) is 11.6 Å². The minimum absolute atomic E-state index is 0.150. The molecule has 1 aromatic rings. The fraction of sp³-hybridized carbons (Fsp3) is 0.600. The van der Waals surface area contributed by atoms with Crippen LogP contribution in [0, 0.1) is 17.2 Å². The van der Waals surface area contributed by atoms with E-state index in [2.05, 4.69) is 25.7 Å². The third-order valence-corrected chi connectivity index (χ3v) is 4.23. The molecule has 0 amide bonds. The Balaban J connectivity index is 2.14. The number of anilines is 1. The normalized spacial score (nSPS) is 20.5. The van der Waals surface area contributed by atoms with E-state index in [1.165, 1.54) is 0 Å². The zero-order valence-corrected chi connectivity index (χ0v) is 12.1. The van der Waals surface area contributed by atoms with E-state index < -0.39 is 0 Å². The Morgan fingerprint density at radius 2 is 2.11 bits per heavy atom. The first-order chi connectivity index (χ1) is 8.41. The molecule has 0 spiro atoms. The Hall–Kier alpha value is -0.760. The molecule has 0 radical (unpaired) electrons. The fourth-order valence-electron chi connectivity index (χ4n) is 2.58. The molecule has 1 saturated heterocycles. The van der Waals surface area contributed by atoms with Gasteiger partial charge in [0.15, 0.2) is 0 Å². The van der Waals surface area contributed by atoms with Crippen LogP contribution in [0.5, 0.6) is 0 Å². The predicted octanol–water partition coefficient (Wildman–Crippen LogP) is 4.44. The van der Waals surface area contributed by atoms with Crippen LogP contribution in [-0.4, -0.2) is 13.1 Å². The lowest BCUT2D eigenvalue weighted by Gasteiger charge is -2.27. The second-order valence-electron chi connectivity index (χ2n) is 6.22. The van der Waals surface area contributed by atoms with Gasteiger partial charge in [-0.3, -0.25) is 0 Å². The highest BCUT2D eigenvalue weighted by Gasteiger charge is 2.32. The molecule has 1 aromatic carbocycles. The maximum absolute atomic E-state index is 14.0. The van der Waals surface area contributed by atoms with Crippen molar-refractivity contribution in [3.05, 3.63) is 29.6 Å². The van der Waals surface area contributed by atoms with Crippen molar-refractivity contribution in [3.63, 3.8) is 0 Å². The van der Waals surface area contributed by atoms with Gasteiger partial charge in [-0.2, -0.15) is 0 Å². The minimum atomic E-state index is -0.150. The summed E-state index contributed by atoms with van der Waals surface area (Å²) < 4.78 is 14.0. The summed E-state index contributed by atoms with van der Waals surface area (Å²) in [6.07, 6.45) is 1.14. The highest BCUT2D eigenvalue weighted by Crippen LogP contribution is 2.36. The molecule has 1 aliphatic rings. The summed E-state index contributed by atoms with van der Waals surface area (Å²) in [7, 11) is 0. The largest absolute Gasteiger partial charge is 0.369 e. The van der Waals surface area contributed by atoms with Gasteiger partial charge in [-0.25, -0.2) is 4.39 Å². The van der Waals surface area contributed by atoms with E-state index in [0.29, 0.717) is 17.2 Å². The first-order valence-electron chi connectivity index (χ1n) is 6.51. The van der Waals surface area contributed by atoms with Gasteiger partial charge < -0.3 is 4.90 Å². The van der Waals surface area contributed by atoms with Gasteiger partial charge >= 0.3 is 0 Å². The molecule has 1 atom stereocenters. The second kappa shape index (κ2) is 5.08. The van der Waals surface area contributed by atoms with Crippen LogP contribution in [0.25, 0.3) is 0 Å². The molecular formula is C15H21ClFN. The van der Waals surface area contributed by atoms with E-state index in [1.807, 2.05) is 12.1 Å². The Bertz CT molecular complexity index is 425. The van der Waals surface area contributed by atoms with E-state index in [-0.39, 0.29) is 5.82 Å². The summed E-state index contributed by atoms with van der Waals surface area (Å²) in [6, 6.07) is 5.32. The van der Waals surface area contributed by atoms with E-state index in [4.69, 9.17) is 11.6 Å². The molecule has 3 heteroatoms. The van der Waals surface area contributed by atoms with Crippen LogP contribution in [0.15, 0.2) is 18.2 Å². The third-order valence-electron chi connectivity index (χ3n) is 3.92. The number of nitrogens with zero attached hydrogens (tertiary/aromatic N) is 1. The molecular weight excluding hydrogens is 249 g/mol. The van der Waals surface area contributed by atoms with Gasteiger partial charge in [0, 0.05) is 19.0 Å². The molecule has 1 aliphatic heterocycles. The van der Waals surface area contributed by atoms with Gasteiger partial charge in [0.2, 0.25) is 0 Å². The lowest BCUT2D eigenvalue weighted by molar-refractivity contribution is 0.263. The molecule has 18 heavy (non-hydrogen) atoms. The molecule has 1 unspecified atom stereocenters. The van der Waals surface area contributed by atoms with Crippen LogP contribution in [0.1, 0.15) is 32.8 Å². The predicted molar refractivity (Wildman–Crippen MR) is 75.7 cm³/mol. The molecule has 100 valence electrons. The van der Waals surface area contributed by atoms with Crippen molar-refractivity contribution in [3.8, 4) is 0 Å². The van der Waals surface area contributed by atoms with Crippen LogP contribution in [0.2, 0.25) is 0 Å². The molecule has 1 fully saturated rings. The summed E-state index contributed by atoms with van der Waals surface area (Å²) >= 11 is 5.71. The number of hydrogen-bond acceptors (Lipinski definition) is 1. The minimum Gasteiger partial charge on any atom is -0.369 e. The monoisotopic (exact) mass is 269 g/mol. The molecule has 0 N–H and O–H groups in total. The first kappa shape index (κ1) is 13.7. The lowest BCUT2D eigenvalue weighted by Crippen LogP contribution is -2.26. The van der Waals surface area contributed by atoms with Crippen molar-refractivity contribution in [2.75, 3.05) is 18.0 Å². The van der Waals surface area contributed by atoms with E-state index in [0.717, 1.165) is 30.8 Å². The summed E-state index contributed by atoms with van der Waals surface area (Å²) in [5.41, 5.74) is 1.85. The summed E-state index contributed by atoms with van der Waals surface area (Å²) in [6.45, 7) is 8.66. The zero-order chi connectivity index (χ0) is 13.3. The van der Waals surface area contributed by atoms with Crippen LogP contribution < -0.4 is 4.90 Å². The third kappa shape index (κ3) is 2.80. The number of hydrogen-bond donors (Lipinski definition) is 0. The van der Waals surface area contributed by atoms with E-state index in [9.17, 15) is 4.39 Å². The molecule has 1 nitrogen and oxygen atoms in total. The second-order valence-corrected chi connectivity index (χ2v) is 6.48. The van der Waals surface area contributed by atoms with Crippen LogP contribution in [-0.2, 0) is 5.88 Å². The Morgan fingerprint density at radius 3 is 2.61 bits per heavy atom. The lowest BCUT2D eigenvalue weighted by atomic mass is 9.80. The van der Waals surface area contributed by atoms with E-state index >= 15 is 0 Å². The van der Waals surface area contributed by atoms with Crippen LogP contribution in [0.3, 0.4) is 0 Å². The van der Waals surface area contributed by atoms with E-state index in [1.54, 1.807) is 6.07 Å². The zero-order valence-electron chi connectivity index (χ0n) is 11.3. The Labute approximate surface area is 114 Å². The average molecular weight is 270 g/mol. The van der Waals surface area contributed by atoms with Crippen molar-refractivity contribution < 1.29 is 4.39 Å². The fourth-order valence-corrected chi connectivity index (χ4v) is 2.74. The molecule has 0 aliphatic carbocycles. The van der Waals surface area contributed by atoms with Crippen LogP contribution >= 0.6 is 11.6 Å². The first-order valence-corrected chi connectivity index (χ1v) is 7.04. The molecule has 0 aromatic heterocycles. The Kier molecular flexibility index (Phi) is 3.86. The highest BCUT2D eigenvalue weighted by atomic mass is 35.5. The Morgan fingerprint density at radius 1 is 1.39 bits per heavy atom. The topological polar surface area (TPSA) is 3.24 Å². The van der Waals surface area contributed by atoms with Gasteiger partial charge in [0.05, 0.1) is 5.69 Å². The average Bonchev–Trinajstić information content (AvgIpc) is 2.77. The number of benzene rings is 1. The molecule has 0 saturated carbocycles. The van der Waals surface area contributed by atoms with Gasteiger partial charge in [0.25, 0.3) is 0 Å². The summed E-state index contributed by atoms with van der Waals surface area (Å²) in [4.78, 5) is 2.16. The molecule has 0 bridgehead atoms. The molecule has 1 heterocycles. The smallest absolute Gasteiger partial charge is 0.146 e. The van der Waals surface area contributed by atoms with Crippen molar-refractivity contribution in [1.82, 2.24) is 0 Å². The highest BCUT2D eigenvalue weighted by molar-refractivity contribution is 6.17. The van der Waals surface area contributed by atoms with Gasteiger partial charge in [-0.05, 0) is 35.4 Å². The van der Waals surface area contributed by atoms with Crippen molar-refractivity contribution >= 4 is 17.3 Å². The van der Waals surface area contributed by atoms with Gasteiger partial charge in [-0.1, -0.05) is 26.8 Å². The number of halogens is 2. The number of rotatable bonds is 2. The summed E-state index contributed by atoms with van der Waals surface area (Å²) in [5, 5.41) is 0. The van der Waals surface area contributed by atoms with Crippen molar-refractivity contribution in [1.29, 1.82) is 0 Å². The maximum Gasteiger partial charge on any atom is 0.146 e. The summed E-state index contributed by atoms with van der Waals surface area (Å²) in [5.74, 6) is 0.842. The molecule has 2 rings (SSSR count). The van der Waals surface area contributed by atoms with Crippen molar-refractivity contribution in [2.45, 2.75) is 33.1 Å². The van der Waals surface area contributed by atoms with Gasteiger partial charge in [0.1, 0.15) is 5.82 Å². The standard InChI is InChI=1S/C15H21ClFN/c1-15(2,3)12-6-7-18(10-12)14-5-4-11(9-16)8-13(14)17/h4-5,8,12H,6-7,9-10H2,1-3H3.